The van der Waals surface area contributed by atoms with Crippen LogP contribution in [0.15, 0.2) is 29.2 Å². The van der Waals surface area contributed by atoms with Crippen molar-refractivity contribution in [2.24, 2.45) is 0 Å². The average Bonchev–Trinajstić information content (AvgIpc) is 2.27. The molecule has 18 heavy (non-hydrogen) atoms. The highest BCUT2D eigenvalue weighted by Gasteiger charge is 2.20. The Hall–Kier alpha value is -1.16. The molecule has 0 fully saturated rings. The molecule has 1 rings (SSSR count). The molecular formula is C14H21NO2S. The van der Waals surface area contributed by atoms with E-state index in [1.165, 1.54) is 11.8 Å². The first kappa shape index (κ1) is 14.9. The molecule has 100 valence electrons. The van der Waals surface area contributed by atoms with Gasteiger partial charge in [-0.3, -0.25) is 4.79 Å². The maximum atomic E-state index is 12.0. The maximum absolute atomic E-state index is 12.0. The van der Waals surface area contributed by atoms with Gasteiger partial charge in [-0.2, -0.15) is 0 Å². The Morgan fingerprint density at radius 3 is 2.50 bits per heavy atom. The fraction of sp³-hybridized carbons (Fsp3) is 0.500. The molecule has 0 aliphatic heterocycles. The summed E-state index contributed by atoms with van der Waals surface area (Å²) in [5.41, 5.74) is -0.202. The van der Waals surface area contributed by atoms with E-state index >= 15 is 0 Å². The van der Waals surface area contributed by atoms with Crippen molar-refractivity contribution < 1.29 is 9.53 Å². The third kappa shape index (κ3) is 4.61. The molecule has 1 unspecified atom stereocenters. The summed E-state index contributed by atoms with van der Waals surface area (Å²) < 4.78 is 5.27. The molecule has 0 aliphatic rings. The van der Waals surface area contributed by atoms with E-state index in [1.807, 2.05) is 52.0 Å². The van der Waals surface area contributed by atoms with Crippen molar-refractivity contribution in [2.45, 2.75) is 43.4 Å². The molecule has 0 bridgehead atoms. The summed E-state index contributed by atoms with van der Waals surface area (Å²) in [4.78, 5) is 13.0. The second-order valence-electron chi connectivity index (χ2n) is 5.15. The molecule has 1 aromatic carbocycles. The van der Waals surface area contributed by atoms with Crippen molar-refractivity contribution in [2.75, 3.05) is 7.11 Å². The molecule has 4 heteroatoms. The second-order valence-corrected chi connectivity index (χ2v) is 6.53. The number of rotatable bonds is 4. The molecule has 1 N–H and O–H groups in total. The minimum atomic E-state index is -0.202. The van der Waals surface area contributed by atoms with Crippen LogP contribution in [0.25, 0.3) is 0 Å². The first-order valence-electron chi connectivity index (χ1n) is 5.95. The third-order valence-electron chi connectivity index (χ3n) is 2.24. The zero-order chi connectivity index (χ0) is 13.8. The summed E-state index contributed by atoms with van der Waals surface area (Å²) in [6.45, 7) is 7.83. The van der Waals surface area contributed by atoms with Gasteiger partial charge >= 0.3 is 0 Å². The lowest BCUT2D eigenvalue weighted by Gasteiger charge is -2.23. The summed E-state index contributed by atoms with van der Waals surface area (Å²) in [5.74, 6) is 0.844. The van der Waals surface area contributed by atoms with Crippen LogP contribution in [0.5, 0.6) is 5.75 Å². The smallest absolute Gasteiger partial charge is 0.233 e. The van der Waals surface area contributed by atoms with Gasteiger partial charge in [0.2, 0.25) is 5.91 Å². The second kappa shape index (κ2) is 6.14. The Kier molecular flexibility index (Phi) is 5.08. The van der Waals surface area contributed by atoms with E-state index < -0.39 is 0 Å². The number of hydrogen-bond donors (Lipinski definition) is 1. The van der Waals surface area contributed by atoms with Gasteiger partial charge in [0.05, 0.1) is 17.3 Å². The predicted molar refractivity (Wildman–Crippen MR) is 76.2 cm³/mol. The number of nitrogens with one attached hydrogen (secondary N) is 1. The molecule has 1 amide bonds. The van der Waals surface area contributed by atoms with Crippen molar-refractivity contribution in [3.63, 3.8) is 0 Å². The Labute approximate surface area is 113 Å². The number of amides is 1. The standard InChI is InChI=1S/C14H21NO2S/c1-10(13(16)15-14(2,3)4)18-12-9-7-6-8-11(12)17-5/h6-10H,1-5H3,(H,15,16). The number of ether oxygens (including phenoxy) is 1. The lowest BCUT2D eigenvalue weighted by atomic mass is 10.1. The first-order chi connectivity index (χ1) is 8.33. The van der Waals surface area contributed by atoms with Crippen LogP contribution >= 0.6 is 11.8 Å². The number of thioether (sulfide) groups is 1. The van der Waals surface area contributed by atoms with E-state index in [9.17, 15) is 4.79 Å². The number of carbonyl (C=O) groups excluding carboxylic acids is 1. The average molecular weight is 267 g/mol. The lowest BCUT2D eigenvalue weighted by Crippen LogP contribution is -2.44. The molecule has 1 atom stereocenters. The molecule has 3 nitrogen and oxygen atoms in total. The molecule has 0 saturated carbocycles. The minimum Gasteiger partial charge on any atom is -0.496 e. The Morgan fingerprint density at radius 2 is 1.94 bits per heavy atom. The zero-order valence-electron chi connectivity index (χ0n) is 11.6. The highest BCUT2D eigenvalue weighted by molar-refractivity contribution is 8.00. The van der Waals surface area contributed by atoms with E-state index in [2.05, 4.69) is 5.32 Å². The van der Waals surface area contributed by atoms with Crippen LogP contribution in [-0.4, -0.2) is 23.8 Å². The number of methoxy groups -OCH3 is 1. The predicted octanol–water partition coefficient (Wildman–Crippen LogP) is 3.09. The van der Waals surface area contributed by atoms with Crippen molar-refractivity contribution in [3.05, 3.63) is 24.3 Å². The van der Waals surface area contributed by atoms with Gasteiger partial charge in [-0.1, -0.05) is 12.1 Å². The van der Waals surface area contributed by atoms with E-state index in [-0.39, 0.29) is 16.7 Å². The van der Waals surface area contributed by atoms with Gasteiger partial charge in [-0.25, -0.2) is 0 Å². The fourth-order valence-electron chi connectivity index (χ4n) is 1.43. The largest absolute Gasteiger partial charge is 0.496 e. The monoisotopic (exact) mass is 267 g/mol. The molecule has 1 aromatic rings. The fourth-order valence-corrected chi connectivity index (χ4v) is 2.40. The van der Waals surface area contributed by atoms with Gasteiger partial charge in [0, 0.05) is 5.54 Å². The summed E-state index contributed by atoms with van der Waals surface area (Å²) in [7, 11) is 1.64. The third-order valence-corrected chi connectivity index (χ3v) is 3.40. The SMILES string of the molecule is COc1ccccc1SC(C)C(=O)NC(C)(C)C. The van der Waals surface area contributed by atoms with Crippen LogP contribution in [-0.2, 0) is 4.79 Å². The van der Waals surface area contributed by atoms with Gasteiger partial charge in [-0.15, -0.1) is 11.8 Å². The van der Waals surface area contributed by atoms with Gasteiger partial charge in [0.15, 0.2) is 0 Å². The molecular weight excluding hydrogens is 246 g/mol. The van der Waals surface area contributed by atoms with Gasteiger partial charge in [0.25, 0.3) is 0 Å². The van der Waals surface area contributed by atoms with E-state index in [0.29, 0.717) is 0 Å². The summed E-state index contributed by atoms with van der Waals surface area (Å²) in [5, 5.41) is 2.82. The molecule has 0 aromatic heterocycles. The first-order valence-corrected chi connectivity index (χ1v) is 6.83. The normalized spacial score (nSPS) is 12.9. The lowest BCUT2D eigenvalue weighted by molar-refractivity contribution is -0.121. The van der Waals surface area contributed by atoms with E-state index in [4.69, 9.17) is 4.74 Å². The number of hydrogen-bond acceptors (Lipinski definition) is 3. The molecule has 0 heterocycles. The Balaban J connectivity index is 2.69. The van der Waals surface area contributed by atoms with Crippen molar-refractivity contribution in [1.29, 1.82) is 0 Å². The number of para-hydroxylation sites is 1. The van der Waals surface area contributed by atoms with Crippen LogP contribution in [0.2, 0.25) is 0 Å². The molecule has 0 aliphatic carbocycles. The topological polar surface area (TPSA) is 38.3 Å². The molecule has 0 spiro atoms. The van der Waals surface area contributed by atoms with Crippen molar-refractivity contribution in [1.82, 2.24) is 5.32 Å². The highest BCUT2D eigenvalue weighted by Crippen LogP contribution is 2.31. The maximum Gasteiger partial charge on any atom is 0.233 e. The molecule has 0 saturated heterocycles. The van der Waals surface area contributed by atoms with Gasteiger partial charge in [0.1, 0.15) is 5.75 Å². The van der Waals surface area contributed by atoms with Crippen LogP contribution in [0.3, 0.4) is 0 Å². The van der Waals surface area contributed by atoms with Crippen LogP contribution in [0, 0.1) is 0 Å². The highest BCUT2D eigenvalue weighted by atomic mass is 32.2. The van der Waals surface area contributed by atoms with Crippen LogP contribution in [0.1, 0.15) is 27.7 Å². The summed E-state index contributed by atoms with van der Waals surface area (Å²) in [6, 6.07) is 7.73. The number of benzene rings is 1. The van der Waals surface area contributed by atoms with E-state index in [1.54, 1.807) is 7.11 Å². The minimum absolute atomic E-state index is 0.0402. The van der Waals surface area contributed by atoms with Gasteiger partial charge in [-0.05, 0) is 39.8 Å². The van der Waals surface area contributed by atoms with Gasteiger partial charge < -0.3 is 10.1 Å². The quantitative estimate of drug-likeness (QED) is 0.852. The summed E-state index contributed by atoms with van der Waals surface area (Å²) >= 11 is 1.51. The zero-order valence-corrected chi connectivity index (χ0v) is 12.4. The van der Waals surface area contributed by atoms with Crippen LogP contribution < -0.4 is 10.1 Å². The van der Waals surface area contributed by atoms with E-state index in [0.717, 1.165) is 10.6 Å². The van der Waals surface area contributed by atoms with Crippen LogP contribution in [0.4, 0.5) is 0 Å². The van der Waals surface area contributed by atoms with Crippen molar-refractivity contribution >= 4 is 17.7 Å². The molecule has 0 radical (unpaired) electrons. The Morgan fingerprint density at radius 1 is 1.33 bits per heavy atom. The van der Waals surface area contributed by atoms with Crippen molar-refractivity contribution in [3.8, 4) is 5.75 Å². The Bertz CT molecular complexity index is 413. The number of carbonyl (C=O) groups is 1. The summed E-state index contributed by atoms with van der Waals surface area (Å²) in [6.07, 6.45) is 0.